The monoisotopic (exact) mass is 165 g/mol. The van der Waals surface area contributed by atoms with Crippen molar-refractivity contribution < 1.29 is 10.4 Å². The van der Waals surface area contributed by atoms with E-state index in [1.165, 1.54) is 18.6 Å². The topological polar surface area (TPSA) is 78.1 Å². The van der Waals surface area contributed by atoms with Gasteiger partial charge in [0.15, 0.2) is 0 Å². The second-order valence-corrected chi connectivity index (χ2v) is 2.00. The second-order valence-electron chi connectivity index (χ2n) is 2.00. The van der Waals surface area contributed by atoms with Crippen LogP contribution in [-0.2, 0) is 0 Å². The molecule has 5 nitrogen and oxygen atoms in total. The summed E-state index contributed by atoms with van der Waals surface area (Å²) in [4.78, 5) is 3.86. The number of oxime groups is 2. The Hall–Kier alpha value is -1.91. The highest BCUT2D eigenvalue weighted by atomic mass is 16.4. The van der Waals surface area contributed by atoms with Crippen LogP contribution in [0.2, 0.25) is 0 Å². The van der Waals surface area contributed by atoms with Gasteiger partial charge in [-0.05, 0) is 17.7 Å². The highest BCUT2D eigenvalue weighted by Gasteiger charge is 1.91. The molecule has 0 spiro atoms. The van der Waals surface area contributed by atoms with Crippen LogP contribution in [0.25, 0.3) is 0 Å². The number of rotatable bonds is 2. The molecule has 0 aliphatic carbocycles. The number of hydrogen-bond donors (Lipinski definition) is 2. The van der Waals surface area contributed by atoms with E-state index in [1.54, 1.807) is 12.1 Å². The van der Waals surface area contributed by atoms with E-state index >= 15 is 0 Å². The summed E-state index contributed by atoms with van der Waals surface area (Å²) in [5, 5.41) is 22.1. The third-order valence-electron chi connectivity index (χ3n) is 1.20. The molecule has 0 saturated heterocycles. The van der Waals surface area contributed by atoms with E-state index in [0.717, 1.165) is 0 Å². The van der Waals surface area contributed by atoms with E-state index in [0.29, 0.717) is 11.3 Å². The minimum Gasteiger partial charge on any atom is -0.411 e. The summed E-state index contributed by atoms with van der Waals surface area (Å²) >= 11 is 0. The van der Waals surface area contributed by atoms with Gasteiger partial charge in [0, 0.05) is 6.20 Å². The van der Waals surface area contributed by atoms with Gasteiger partial charge >= 0.3 is 0 Å². The average molecular weight is 165 g/mol. The second kappa shape index (κ2) is 4.07. The molecule has 0 amide bonds. The lowest BCUT2D eigenvalue weighted by atomic mass is 10.2. The minimum absolute atomic E-state index is 0.495. The molecule has 2 N–H and O–H groups in total. The van der Waals surface area contributed by atoms with Crippen LogP contribution in [0.3, 0.4) is 0 Å². The smallest absolute Gasteiger partial charge is 0.0918 e. The maximum Gasteiger partial charge on any atom is 0.0918 e. The van der Waals surface area contributed by atoms with Crippen molar-refractivity contribution in [2.45, 2.75) is 0 Å². The first-order chi connectivity index (χ1) is 5.86. The fraction of sp³-hybridized carbons (Fsp3) is 0. The highest BCUT2D eigenvalue weighted by molar-refractivity contribution is 5.83. The summed E-state index contributed by atoms with van der Waals surface area (Å²) < 4.78 is 0. The number of nitrogens with zero attached hydrogens (tertiary/aromatic N) is 3. The molecule has 0 aliphatic heterocycles. The zero-order chi connectivity index (χ0) is 8.81. The SMILES string of the molecule is O/N=C/c1ccnc(/C=N/O)c1. The largest absolute Gasteiger partial charge is 0.411 e. The van der Waals surface area contributed by atoms with E-state index in [9.17, 15) is 0 Å². The summed E-state index contributed by atoms with van der Waals surface area (Å²) in [6, 6.07) is 3.27. The van der Waals surface area contributed by atoms with Crippen molar-refractivity contribution in [1.29, 1.82) is 0 Å². The van der Waals surface area contributed by atoms with Gasteiger partial charge in [-0.2, -0.15) is 0 Å². The van der Waals surface area contributed by atoms with Crippen LogP contribution in [0.15, 0.2) is 28.6 Å². The van der Waals surface area contributed by atoms with Crippen molar-refractivity contribution in [3.63, 3.8) is 0 Å². The summed E-state index contributed by atoms with van der Waals surface area (Å²) in [6.07, 6.45) is 3.97. The first-order valence-corrected chi connectivity index (χ1v) is 3.17. The lowest BCUT2D eigenvalue weighted by Crippen LogP contribution is -1.89. The summed E-state index contributed by atoms with van der Waals surface area (Å²) in [5.74, 6) is 0. The van der Waals surface area contributed by atoms with Gasteiger partial charge in [-0.3, -0.25) is 4.98 Å². The molecule has 0 unspecified atom stereocenters. The molecule has 5 heteroatoms. The van der Waals surface area contributed by atoms with Crippen molar-refractivity contribution in [3.05, 3.63) is 29.6 Å². The van der Waals surface area contributed by atoms with Gasteiger partial charge in [-0.25, -0.2) is 0 Å². The fourth-order valence-electron chi connectivity index (χ4n) is 0.742. The van der Waals surface area contributed by atoms with E-state index in [-0.39, 0.29) is 0 Å². The van der Waals surface area contributed by atoms with Crippen LogP contribution in [0.5, 0.6) is 0 Å². The van der Waals surface area contributed by atoms with E-state index in [2.05, 4.69) is 15.3 Å². The van der Waals surface area contributed by atoms with Crippen molar-refractivity contribution >= 4 is 12.4 Å². The van der Waals surface area contributed by atoms with Crippen LogP contribution in [0.1, 0.15) is 11.3 Å². The molecule has 1 heterocycles. The van der Waals surface area contributed by atoms with Crippen LogP contribution in [-0.4, -0.2) is 27.8 Å². The molecule has 12 heavy (non-hydrogen) atoms. The van der Waals surface area contributed by atoms with Gasteiger partial charge < -0.3 is 10.4 Å². The van der Waals surface area contributed by atoms with Gasteiger partial charge in [0.05, 0.1) is 18.1 Å². The molecular formula is C7H7N3O2. The van der Waals surface area contributed by atoms with Crippen molar-refractivity contribution in [3.8, 4) is 0 Å². The molecule has 0 bridgehead atoms. The molecule has 0 fully saturated rings. The zero-order valence-corrected chi connectivity index (χ0v) is 6.12. The lowest BCUT2D eigenvalue weighted by Gasteiger charge is -1.92. The molecule has 0 radical (unpaired) electrons. The molecule has 0 aromatic carbocycles. The van der Waals surface area contributed by atoms with Gasteiger partial charge in [-0.15, -0.1) is 0 Å². The molecule has 62 valence electrons. The number of pyridine rings is 1. The Morgan fingerprint density at radius 1 is 1.25 bits per heavy atom. The molecular weight excluding hydrogens is 158 g/mol. The standard InChI is InChI=1S/C7H7N3O2/c11-9-4-6-1-2-8-7(3-6)5-10-12/h1-5,11-12H/b9-4+,10-5+. The normalized spacial score (nSPS) is 11.3. The van der Waals surface area contributed by atoms with Crippen LogP contribution >= 0.6 is 0 Å². The summed E-state index contributed by atoms with van der Waals surface area (Å²) in [6.45, 7) is 0. The van der Waals surface area contributed by atoms with Crippen LogP contribution in [0.4, 0.5) is 0 Å². The minimum atomic E-state index is 0.495. The van der Waals surface area contributed by atoms with E-state index < -0.39 is 0 Å². The predicted octanol–water partition coefficient (Wildman–Crippen LogP) is 0.698. The van der Waals surface area contributed by atoms with Gasteiger partial charge in [0.2, 0.25) is 0 Å². The summed E-state index contributed by atoms with van der Waals surface area (Å²) in [5.41, 5.74) is 1.18. The van der Waals surface area contributed by atoms with Crippen molar-refractivity contribution in [1.82, 2.24) is 4.98 Å². The van der Waals surface area contributed by atoms with E-state index in [4.69, 9.17) is 10.4 Å². The zero-order valence-electron chi connectivity index (χ0n) is 6.12. The first-order valence-electron chi connectivity index (χ1n) is 3.17. The quantitative estimate of drug-likeness (QED) is 0.384. The van der Waals surface area contributed by atoms with Crippen LogP contribution in [0, 0.1) is 0 Å². The van der Waals surface area contributed by atoms with Gasteiger partial charge in [0.25, 0.3) is 0 Å². The Labute approximate surface area is 68.7 Å². The van der Waals surface area contributed by atoms with Crippen LogP contribution < -0.4 is 0 Å². The maximum atomic E-state index is 8.21. The molecule has 1 aromatic heterocycles. The fourth-order valence-corrected chi connectivity index (χ4v) is 0.742. The summed E-state index contributed by atoms with van der Waals surface area (Å²) in [7, 11) is 0. The third kappa shape index (κ3) is 2.05. The molecule has 0 saturated carbocycles. The highest BCUT2D eigenvalue weighted by Crippen LogP contribution is 1.96. The third-order valence-corrected chi connectivity index (χ3v) is 1.20. The van der Waals surface area contributed by atoms with Gasteiger partial charge in [-0.1, -0.05) is 10.3 Å². The Morgan fingerprint density at radius 2 is 2.00 bits per heavy atom. The maximum absolute atomic E-state index is 8.21. The molecule has 1 rings (SSSR count). The van der Waals surface area contributed by atoms with Crippen molar-refractivity contribution in [2.75, 3.05) is 0 Å². The van der Waals surface area contributed by atoms with Gasteiger partial charge in [0.1, 0.15) is 0 Å². The Morgan fingerprint density at radius 3 is 2.67 bits per heavy atom. The predicted molar refractivity (Wildman–Crippen MR) is 43.0 cm³/mol. The van der Waals surface area contributed by atoms with Crippen molar-refractivity contribution in [2.24, 2.45) is 10.3 Å². The Kier molecular flexibility index (Phi) is 2.78. The molecule has 1 aromatic rings. The number of hydrogen-bond acceptors (Lipinski definition) is 5. The molecule has 0 aliphatic rings. The average Bonchev–Trinajstić information content (AvgIpc) is 2.06. The number of aromatic nitrogens is 1. The Bertz CT molecular complexity index is 282. The first kappa shape index (κ1) is 8.19. The Balaban J connectivity index is 2.95. The lowest BCUT2D eigenvalue weighted by molar-refractivity contribution is 0.321. The van der Waals surface area contributed by atoms with E-state index in [1.807, 2.05) is 0 Å². The molecule has 0 atom stereocenters.